The number of ether oxygens (including phenoxy) is 1. The van der Waals surface area contributed by atoms with Crippen LogP contribution < -0.4 is 5.14 Å². The van der Waals surface area contributed by atoms with Gasteiger partial charge in [0.2, 0.25) is 0 Å². The van der Waals surface area contributed by atoms with Gasteiger partial charge in [-0.2, -0.15) is 0 Å². The van der Waals surface area contributed by atoms with Crippen molar-refractivity contribution in [2.45, 2.75) is 29.6 Å². The molecule has 2 atom stereocenters. The van der Waals surface area contributed by atoms with E-state index >= 15 is 0 Å². The van der Waals surface area contributed by atoms with Gasteiger partial charge in [0.1, 0.15) is 14.1 Å². The summed E-state index contributed by atoms with van der Waals surface area (Å²) < 4.78 is 24.8. The van der Waals surface area contributed by atoms with Gasteiger partial charge in [-0.25, -0.2) is 14.1 Å². The van der Waals surface area contributed by atoms with Gasteiger partial charge in [-0.3, -0.25) is 0 Å². The zero-order chi connectivity index (χ0) is 11.1. The lowest BCUT2D eigenvalue weighted by molar-refractivity contribution is 0.0910. The Labute approximate surface area is 93.5 Å². The van der Waals surface area contributed by atoms with Gasteiger partial charge in [-0.05, 0) is 35.8 Å². The maximum atomic E-state index is 11.5. The SMILES string of the molecule is COC1CCc2c(csc2S(=N)(N)=O)C1. The summed E-state index contributed by atoms with van der Waals surface area (Å²) in [6, 6.07) is 0. The van der Waals surface area contributed by atoms with E-state index in [9.17, 15) is 4.21 Å². The van der Waals surface area contributed by atoms with Crippen molar-refractivity contribution in [3.8, 4) is 0 Å². The lowest BCUT2D eigenvalue weighted by Gasteiger charge is -2.21. The molecule has 2 unspecified atom stereocenters. The highest BCUT2D eigenvalue weighted by atomic mass is 32.2. The van der Waals surface area contributed by atoms with E-state index < -0.39 is 9.92 Å². The van der Waals surface area contributed by atoms with Crippen LogP contribution in [-0.2, 0) is 27.5 Å². The van der Waals surface area contributed by atoms with Crippen molar-refractivity contribution in [1.29, 1.82) is 4.78 Å². The molecule has 84 valence electrons. The first kappa shape index (κ1) is 11.1. The summed E-state index contributed by atoms with van der Waals surface area (Å²) in [4.78, 5) is 0. The van der Waals surface area contributed by atoms with Gasteiger partial charge in [0.25, 0.3) is 0 Å². The van der Waals surface area contributed by atoms with Crippen molar-refractivity contribution in [2.75, 3.05) is 7.11 Å². The molecular formula is C9H14N2O2S2. The van der Waals surface area contributed by atoms with Crippen molar-refractivity contribution >= 4 is 21.3 Å². The Morgan fingerprint density at radius 2 is 2.47 bits per heavy atom. The van der Waals surface area contributed by atoms with Crippen LogP contribution in [0, 0.1) is 4.78 Å². The fourth-order valence-electron chi connectivity index (χ4n) is 1.94. The van der Waals surface area contributed by atoms with Gasteiger partial charge in [-0.15, -0.1) is 11.3 Å². The molecule has 1 aromatic rings. The Bertz CT molecular complexity index is 464. The van der Waals surface area contributed by atoms with Gasteiger partial charge < -0.3 is 4.74 Å². The van der Waals surface area contributed by atoms with E-state index in [0.29, 0.717) is 4.21 Å². The average molecular weight is 246 g/mol. The van der Waals surface area contributed by atoms with E-state index in [1.165, 1.54) is 11.3 Å². The van der Waals surface area contributed by atoms with E-state index in [4.69, 9.17) is 14.7 Å². The van der Waals surface area contributed by atoms with Crippen LogP contribution in [0.5, 0.6) is 0 Å². The molecule has 1 aliphatic carbocycles. The number of methoxy groups -OCH3 is 1. The first-order valence-electron chi connectivity index (χ1n) is 4.71. The number of hydrogen-bond donors (Lipinski definition) is 2. The maximum Gasteiger partial charge on any atom is 0.142 e. The molecular weight excluding hydrogens is 232 g/mol. The van der Waals surface area contributed by atoms with Crippen LogP contribution in [-0.4, -0.2) is 17.4 Å². The smallest absolute Gasteiger partial charge is 0.142 e. The molecule has 6 heteroatoms. The molecule has 0 spiro atoms. The van der Waals surface area contributed by atoms with Crippen LogP contribution in [0.3, 0.4) is 0 Å². The van der Waals surface area contributed by atoms with Gasteiger partial charge in [0.05, 0.1) is 6.10 Å². The van der Waals surface area contributed by atoms with E-state index in [2.05, 4.69) is 0 Å². The minimum atomic E-state index is -3.05. The van der Waals surface area contributed by atoms with Crippen molar-refractivity contribution in [1.82, 2.24) is 0 Å². The molecule has 0 aliphatic heterocycles. The van der Waals surface area contributed by atoms with Crippen molar-refractivity contribution in [2.24, 2.45) is 5.14 Å². The molecule has 2 rings (SSSR count). The van der Waals surface area contributed by atoms with Gasteiger partial charge in [0, 0.05) is 7.11 Å². The van der Waals surface area contributed by atoms with E-state index in [-0.39, 0.29) is 6.10 Å². The molecule has 1 aromatic heterocycles. The minimum Gasteiger partial charge on any atom is -0.381 e. The summed E-state index contributed by atoms with van der Waals surface area (Å²) in [5.74, 6) is 0. The zero-order valence-electron chi connectivity index (χ0n) is 8.49. The Morgan fingerprint density at radius 3 is 3.07 bits per heavy atom. The molecule has 3 N–H and O–H groups in total. The highest BCUT2D eigenvalue weighted by Gasteiger charge is 2.24. The third kappa shape index (κ3) is 2.08. The summed E-state index contributed by atoms with van der Waals surface area (Å²) in [6.45, 7) is 0. The Kier molecular flexibility index (Phi) is 2.85. The molecule has 1 heterocycles. The normalized spacial score (nSPS) is 24.5. The fourth-order valence-corrected chi connectivity index (χ4v) is 4.12. The van der Waals surface area contributed by atoms with Crippen LogP contribution >= 0.6 is 11.3 Å². The number of hydrogen-bond acceptors (Lipinski definition) is 4. The third-order valence-corrected chi connectivity index (χ3v) is 5.41. The highest BCUT2D eigenvalue weighted by molar-refractivity contribution is 7.92. The summed E-state index contributed by atoms with van der Waals surface area (Å²) >= 11 is 1.34. The van der Waals surface area contributed by atoms with Crippen LogP contribution in [0.15, 0.2) is 9.59 Å². The topological polar surface area (TPSA) is 76.2 Å². The Hall–Kier alpha value is -0.430. The lowest BCUT2D eigenvalue weighted by atomic mass is 9.93. The summed E-state index contributed by atoms with van der Waals surface area (Å²) in [5.41, 5.74) is 2.18. The number of nitrogens with two attached hydrogens (primary N) is 1. The van der Waals surface area contributed by atoms with Gasteiger partial charge in [-0.1, -0.05) is 0 Å². The number of fused-ring (bicyclic) bond motifs is 1. The van der Waals surface area contributed by atoms with Crippen molar-refractivity contribution in [3.63, 3.8) is 0 Å². The Morgan fingerprint density at radius 1 is 1.73 bits per heavy atom. The van der Waals surface area contributed by atoms with Crippen molar-refractivity contribution in [3.05, 3.63) is 16.5 Å². The van der Waals surface area contributed by atoms with Crippen LogP contribution in [0.1, 0.15) is 17.5 Å². The molecule has 15 heavy (non-hydrogen) atoms. The third-order valence-electron chi connectivity index (χ3n) is 2.71. The molecule has 0 bridgehead atoms. The second kappa shape index (κ2) is 3.86. The van der Waals surface area contributed by atoms with E-state index in [0.717, 1.165) is 30.4 Å². The summed E-state index contributed by atoms with van der Waals surface area (Å²) in [7, 11) is -1.34. The molecule has 1 aliphatic rings. The average Bonchev–Trinajstić information content (AvgIpc) is 2.59. The van der Waals surface area contributed by atoms with Gasteiger partial charge >= 0.3 is 0 Å². The van der Waals surface area contributed by atoms with Crippen LogP contribution in [0.2, 0.25) is 0 Å². The van der Waals surface area contributed by atoms with E-state index in [1.807, 2.05) is 5.38 Å². The fraction of sp³-hybridized carbons (Fsp3) is 0.556. The van der Waals surface area contributed by atoms with Gasteiger partial charge in [0.15, 0.2) is 0 Å². The second-order valence-corrected chi connectivity index (χ2v) is 6.48. The minimum absolute atomic E-state index is 0.250. The highest BCUT2D eigenvalue weighted by Crippen LogP contribution is 2.33. The maximum absolute atomic E-state index is 11.5. The van der Waals surface area contributed by atoms with Crippen molar-refractivity contribution < 1.29 is 8.95 Å². The summed E-state index contributed by atoms with van der Waals surface area (Å²) in [6.07, 6.45) is 2.83. The van der Waals surface area contributed by atoms with E-state index in [1.54, 1.807) is 7.11 Å². The molecule has 0 radical (unpaired) electrons. The largest absolute Gasteiger partial charge is 0.381 e. The molecule has 0 fully saturated rings. The predicted molar refractivity (Wildman–Crippen MR) is 60.5 cm³/mol. The zero-order valence-corrected chi connectivity index (χ0v) is 10.1. The molecule has 0 saturated heterocycles. The number of thiophene rings is 1. The summed E-state index contributed by atoms with van der Waals surface area (Å²) in [5, 5.41) is 7.32. The molecule has 0 aromatic carbocycles. The second-order valence-electron chi connectivity index (χ2n) is 3.73. The lowest BCUT2D eigenvalue weighted by Crippen LogP contribution is -2.21. The quantitative estimate of drug-likeness (QED) is 0.830. The Balaban J connectivity index is 2.38. The first-order valence-corrected chi connectivity index (χ1v) is 7.21. The molecule has 0 saturated carbocycles. The number of nitrogens with one attached hydrogen (secondary N) is 1. The first-order chi connectivity index (χ1) is 7.02. The predicted octanol–water partition coefficient (Wildman–Crippen LogP) is 1.53. The number of rotatable bonds is 2. The van der Waals surface area contributed by atoms with Crippen LogP contribution in [0.25, 0.3) is 0 Å². The molecule has 0 amide bonds. The van der Waals surface area contributed by atoms with Crippen LogP contribution in [0.4, 0.5) is 0 Å². The monoisotopic (exact) mass is 246 g/mol. The molecule has 4 nitrogen and oxygen atoms in total. The standard InChI is InChI=1S/C9H14N2O2S2/c1-13-7-2-3-8-6(4-7)5-14-9(8)15(10,11)12/h5,7H,2-4H2,1H3,(H3,10,11,12).